The zero-order chi connectivity index (χ0) is 8.72. The minimum Gasteiger partial charge on any atom is -0.368 e. The second-order valence-corrected chi connectivity index (χ2v) is 2.59. The first-order valence-corrected chi connectivity index (χ1v) is 3.45. The SMILES string of the molecule is Fc1ccc(C2CO2)c(F)c1F. The Morgan fingerprint density at radius 3 is 2.42 bits per heavy atom. The van der Waals surface area contributed by atoms with Crippen LogP contribution in [0.3, 0.4) is 0 Å². The Hall–Kier alpha value is -1.03. The summed E-state index contributed by atoms with van der Waals surface area (Å²) < 4.78 is 42.6. The number of ether oxygens (including phenoxy) is 1. The Kier molecular flexibility index (Phi) is 1.58. The van der Waals surface area contributed by atoms with Crippen LogP contribution < -0.4 is 0 Å². The van der Waals surface area contributed by atoms with E-state index in [2.05, 4.69) is 0 Å². The molecule has 1 unspecified atom stereocenters. The summed E-state index contributed by atoms with van der Waals surface area (Å²) in [6, 6.07) is 2.10. The third-order valence-corrected chi connectivity index (χ3v) is 1.75. The van der Waals surface area contributed by atoms with Crippen LogP contribution in [0.15, 0.2) is 12.1 Å². The van der Waals surface area contributed by atoms with E-state index in [-0.39, 0.29) is 11.7 Å². The van der Waals surface area contributed by atoms with Crippen molar-refractivity contribution >= 4 is 0 Å². The standard InChI is InChI=1S/C8H5F3O/c9-5-2-1-4(6-3-12-6)7(10)8(5)11/h1-2,6H,3H2. The first kappa shape index (κ1) is 7.61. The van der Waals surface area contributed by atoms with Crippen molar-refractivity contribution in [3.05, 3.63) is 35.1 Å². The lowest BCUT2D eigenvalue weighted by Crippen LogP contribution is -1.96. The summed E-state index contributed by atoms with van der Waals surface area (Å²) in [6.45, 7) is 0.377. The minimum atomic E-state index is -1.43. The molecule has 2 rings (SSSR count). The van der Waals surface area contributed by atoms with Crippen molar-refractivity contribution in [3.8, 4) is 0 Å². The molecule has 1 nitrogen and oxygen atoms in total. The van der Waals surface area contributed by atoms with Crippen molar-refractivity contribution in [2.75, 3.05) is 6.61 Å². The van der Waals surface area contributed by atoms with Gasteiger partial charge in [0.15, 0.2) is 17.5 Å². The Morgan fingerprint density at radius 2 is 1.83 bits per heavy atom. The van der Waals surface area contributed by atoms with Gasteiger partial charge >= 0.3 is 0 Å². The van der Waals surface area contributed by atoms with E-state index in [4.69, 9.17) is 4.74 Å². The molecule has 1 saturated heterocycles. The van der Waals surface area contributed by atoms with E-state index in [1.807, 2.05) is 0 Å². The molecule has 1 aliphatic heterocycles. The predicted molar refractivity (Wildman–Crippen MR) is 35.0 cm³/mol. The van der Waals surface area contributed by atoms with Gasteiger partial charge in [0.05, 0.1) is 6.61 Å². The van der Waals surface area contributed by atoms with Crippen molar-refractivity contribution in [2.45, 2.75) is 6.10 Å². The van der Waals surface area contributed by atoms with Crippen LogP contribution in [0.4, 0.5) is 13.2 Å². The summed E-state index contributed by atoms with van der Waals surface area (Å²) >= 11 is 0. The highest BCUT2D eigenvalue weighted by atomic mass is 19.2. The van der Waals surface area contributed by atoms with Crippen LogP contribution in [0.1, 0.15) is 11.7 Å². The van der Waals surface area contributed by atoms with Crippen LogP contribution in [0.25, 0.3) is 0 Å². The maximum Gasteiger partial charge on any atom is 0.194 e. The van der Waals surface area contributed by atoms with E-state index < -0.39 is 17.5 Å². The van der Waals surface area contributed by atoms with Crippen LogP contribution in [0.2, 0.25) is 0 Å². The van der Waals surface area contributed by atoms with Gasteiger partial charge in [-0.05, 0) is 6.07 Å². The molecule has 1 heterocycles. The quantitative estimate of drug-likeness (QED) is 0.469. The van der Waals surface area contributed by atoms with Crippen LogP contribution in [-0.2, 0) is 4.74 Å². The smallest absolute Gasteiger partial charge is 0.194 e. The van der Waals surface area contributed by atoms with Gasteiger partial charge in [0.2, 0.25) is 0 Å². The molecule has 1 aromatic carbocycles. The molecular weight excluding hydrogens is 169 g/mol. The van der Waals surface area contributed by atoms with Gasteiger partial charge in [-0.2, -0.15) is 0 Å². The average molecular weight is 174 g/mol. The fourth-order valence-electron chi connectivity index (χ4n) is 1.02. The minimum absolute atomic E-state index is 0.0916. The second kappa shape index (κ2) is 2.48. The molecule has 12 heavy (non-hydrogen) atoms. The first-order valence-electron chi connectivity index (χ1n) is 3.45. The van der Waals surface area contributed by atoms with E-state index >= 15 is 0 Å². The van der Waals surface area contributed by atoms with Gasteiger partial charge in [-0.15, -0.1) is 0 Å². The van der Waals surface area contributed by atoms with Gasteiger partial charge in [0, 0.05) is 5.56 Å². The molecule has 64 valence electrons. The molecular formula is C8H5F3O. The largest absolute Gasteiger partial charge is 0.368 e. The summed E-state index contributed by atoms with van der Waals surface area (Å²) in [5.74, 6) is -3.74. The molecule has 0 amide bonds. The van der Waals surface area contributed by atoms with Crippen molar-refractivity contribution < 1.29 is 17.9 Å². The second-order valence-electron chi connectivity index (χ2n) is 2.59. The van der Waals surface area contributed by atoms with E-state index in [0.29, 0.717) is 6.61 Å². The maximum atomic E-state index is 12.9. The summed E-state index contributed by atoms with van der Waals surface area (Å²) in [6.07, 6.45) is -0.389. The molecule has 0 bridgehead atoms. The monoisotopic (exact) mass is 174 g/mol. The molecule has 0 saturated carbocycles. The van der Waals surface area contributed by atoms with E-state index in [1.165, 1.54) is 6.07 Å². The fourth-order valence-corrected chi connectivity index (χ4v) is 1.02. The summed E-state index contributed by atoms with van der Waals surface area (Å²) in [7, 11) is 0. The predicted octanol–water partition coefficient (Wildman–Crippen LogP) is 2.18. The molecule has 1 aliphatic rings. The highest BCUT2D eigenvalue weighted by Crippen LogP contribution is 2.32. The highest BCUT2D eigenvalue weighted by Gasteiger charge is 2.29. The first-order chi connectivity index (χ1) is 5.70. The zero-order valence-electron chi connectivity index (χ0n) is 5.98. The Labute approximate surface area is 66.8 Å². The lowest BCUT2D eigenvalue weighted by molar-refractivity contribution is 0.393. The van der Waals surface area contributed by atoms with Gasteiger partial charge in [0.1, 0.15) is 6.10 Å². The lowest BCUT2D eigenvalue weighted by atomic mass is 10.1. The van der Waals surface area contributed by atoms with Gasteiger partial charge in [-0.1, -0.05) is 6.07 Å². The number of halogens is 3. The van der Waals surface area contributed by atoms with E-state index in [9.17, 15) is 13.2 Å². The van der Waals surface area contributed by atoms with Crippen molar-refractivity contribution in [2.24, 2.45) is 0 Å². The number of hydrogen-bond acceptors (Lipinski definition) is 1. The van der Waals surface area contributed by atoms with Gasteiger partial charge in [-0.3, -0.25) is 0 Å². The third-order valence-electron chi connectivity index (χ3n) is 1.75. The maximum absolute atomic E-state index is 12.9. The molecule has 1 aromatic rings. The summed E-state index contributed by atoms with van der Waals surface area (Å²) in [4.78, 5) is 0. The molecule has 0 spiro atoms. The molecule has 4 heteroatoms. The normalized spacial score (nSPS) is 21.1. The fraction of sp³-hybridized carbons (Fsp3) is 0.250. The molecule has 0 aromatic heterocycles. The zero-order valence-corrected chi connectivity index (χ0v) is 5.98. The molecule has 1 atom stereocenters. The average Bonchev–Trinajstić information content (AvgIpc) is 2.84. The molecule has 0 aliphatic carbocycles. The van der Waals surface area contributed by atoms with Crippen LogP contribution in [0.5, 0.6) is 0 Å². The Bertz CT molecular complexity index is 320. The van der Waals surface area contributed by atoms with Crippen molar-refractivity contribution in [1.29, 1.82) is 0 Å². The van der Waals surface area contributed by atoms with E-state index in [1.54, 1.807) is 0 Å². The van der Waals surface area contributed by atoms with Crippen LogP contribution in [-0.4, -0.2) is 6.61 Å². The third kappa shape index (κ3) is 1.08. The molecule has 1 fully saturated rings. The number of hydrogen-bond donors (Lipinski definition) is 0. The highest BCUT2D eigenvalue weighted by molar-refractivity contribution is 5.24. The van der Waals surface area contributed by atoms with Crippen molar-refractivity contribution in [1.82, 2.24) is 0 Å². The van der Waals surface area contributed by atoms with Crippen LogP contribution >= 0.6 is 0 Å². The summed E-state index contributed by atoms with van der Waals surface area (Å²) in [5.41, 5.74) is 0.0916. The number of epoxide rings is 1. The lowest BCUT2D eigenvalue weighted by Gasteiger charge is -1.99. The molecule has 0 N–H and O–H groups in total. The number of rotatable bonds is 1. The van der Waals surface area contributed by atoms with Gasteiger partial charge in [0.25, 0.3) is 0 Å². The Balaban J connectivity index is 2.49. The Morgan fingerprint density at radius 1 is 1.17 bits per heavy atom. The van der Waals surface area contributed by atoms with Gasteiger partial charge in [-0.25, -0.2) is 13.2 Å². The van der Waals surface area contributed by atoms with E-state index in [0.717, 1.165) is 6.07 Å². The summed E-state index contributed by atoms with van der Waals surface area (Å²) in [5, 5.41) is 0. The van der Waals surface area contributed by atoms with Crippen molar-refractivity contribution in [3.63, 3.8) is 0 Å². The molecule has 0 radical (unpaired) electrons. The van der Waals surface area contributed by atoms with Crippen LogP contribution in [0, 0.1) is 17.5 Å². The topological polar surface area (TPSA) is 12.5 Å². The number of benzene rings is 1. The van der Waals surface area contributed by atoms with Gasteiger partial charge < -0.3 is 4.74 Å².